The van der Waals surface area contributed by atoms with Crippen molar-refractivity contribution in [2.75, 3.05) is 4.90 Å². The summed E-state index contributed by atoms with van der Waals surface area (Å²) in [5, 5.41) is 0. The second-order valence-electron chi connectivity index (χ2n) is 11.3. The van der Waals surface area contributed by atoms with Crippen LogP contribution in [-0.2, 0) is 19.3 Å². The minimum absolute atomic E-state index is 0.308. The Morgan fingerprint density at radius 3 is 1.07 bits per heavy atom. The summed E-state index contributed by atoms with van der Waals surface area (Å²) in [5.41, 5.74) is 9.38. The summed E-state index contributed by atoms with van der Waals surface area (Å²) in [6.45, 7) is 6.99. The lowest BCUT2D eigenvalue weighted by atomic mass is 9.93. The Morgan fingerprint density at radius 1 is 0.400 bits per heavy atom. The molecule has 0 heterocycles. The number of nitrogens with zero attached hydrogens (tertiary/aromatic N) is 1. The summed E-state index contributed by atoms with van der Waals surface area (Å²) in [7, 11) is 0. The Hall–Kier alpha value is -4.10. The van der Waals surface area contributed by atoms with Gasteiger partial charge in [0.25, 0.3) is 0 Å². The lowest BCUT2D eigenvalue weighted by Crippen LogP contribution is -2.30. The number of anilines is 2. The molecule has 40 heavy (non-hydrogen) atoms. The quantitative estimate of drug-likeness (QED) is 0.166. The molecular formula is C39H41N. The first kappa shape index (κ1) is 27.5. The van der Waals surface area contributed by atoms with Crippen molar-refractivity contribution < 1.29 is 0 Å². The van der Waals surface area contributed by atoms with Crippen LogP contribution < -0.4 is 4.90 Å². The monoisotopic (exact) mass is 523 g/mol. The average molecular weight is 524 g/mol. The number of hydrogen-bond donors (Lipinski definition) is 0. The molecule has 0 aromatic heterocycles. The third-order valence-corrected chi connectivity index (χ3v) is 8.06. The Labute approximate surface area is 241 Å². The SMILES string of the molecule is CC(Cc1ccccc1)c1ccc(N(c2ccc(C(C)Cc3ccccc3)cc2)C(C)Cc2ccccc2)cc1. The summed E-state index contributed by atoms with van der Waals surface area (Å²) in [6.07, 6.45) is 3.09. The maximum absolute atomic E-state index is 2.50. The van der Waals surface area contributed by atoms with E-state index in [4.69, 9.17) is 0 Å². The molecule has 5 rings (SSSR count). The van der Waals surface area contributed by atoms with E-state index in [0.717, 1.165) is 19.3 Å². The first-order valence-corrected chi connectivity index (χ1v) is 14.7. The average Bonchev–Trinajstić information content (AvgIpc) is 2.99. The van der Waals surface area contributed by atoms with Crippen molar-refractivity contribution in [3.05, 3.63) is 167 Å². The van der Waals surface area contributed by atoms with Gasteiger partial charge in [0.15, 0.2) is 0 Å². The highest BCUT2D eigenvalue weighted by Crippen LogP contribution is 2.33. The predicted octanol–water partition coefficient (Wildman–Crippen LogP) is 10.1. The lowest BCUT2D eigenvalue weighted by Gasteiger charge is -2.32. The van der Waals surface area contributed by atoms with E-state index in [1.807, 2.05) is 0 Å². The van der Waals surface area contributed by atoms with E-state index in [1.54, 1.807) is 0 Å². The molecule has 5 aromatic carbocycles. The second-order valence-corrected chi connectivity index (χ2v) is 11.3. The first-order valence-electron chi connectivity index (χ1n) is 14.7. The lowest BCUT2D eigenvalue weighted by molar-refractivity contribution is 0.706. The van der Waals surface area contributed by atoms with Crippen LogP contribution in [0.5, 0.6) is 0 Å². The Morgan fingerprint density at radius 2 is 0.725 bits per heavy atom. The molecule has 5 aromatic rings. The zero-order chi connectivity index (χ0) is 27.7. The molecule has 202 valence electrons. The van der Waals surface area contributed by atoms with Gasteiger partial charge in [-0.1, -0.05) is 129 Å². The van der Waals surface area contributed by atoms with Crippen molar-refractivity contribution in [1.82, 2.24) is 0 Å². The maximum Gasteiger partial charge on any atom is 0.0413 e. The van der Waals surface area contributed by atoms with Crippen molar-refractivity contribution in [3.8, 4) is 0 Å². The third-order valence-electron chi connectivity index (χ3n) is 8.06. The smallest absolute Gasteiger partial charge is 0.0413 e. The van der Waals surface area contributed by atoms with Gasteiger partial charge in [-0.25, -0.2) is 0 Å². The fourth-order valence-corrected chi connectivity index (χ4v) is 5.80. The third kappa shape index (κ3) is 7.10. The summed E-state index contributed by atoms with van der Waals surface area (Å²) in [6, 6.07) is 51.3. The van der Waals surface area contributed by atoms with E-state index < -0.39 is 0 Å². The molecule has 1 heteroatoms. The first-order chi connectivity index (χ1) is 19.6. The van der Waals surface area contributed by atoms with E-state index in [2.05, 4.69) is 165 Å². The molecule has 0 fully saturated rings. The van der Waals surface area contributed by atoms with Crippen LogP contribution in [0.1, 0.15) is 60.4 Å². The van der Waals surface area contributed by atoms with Gasteiger partial charge < -0.3 is 4.90 Å². The fourth-order valence-electron chi connectivity index (χ4n) is 5.80. The van der Waals surface area contributed by atoms with Crippen molar-refractivity contribution in [2.24, 2.45) is 0 Å². The van der Waals surface area contributed by atoms with Gasteiger partial charge in [-0.05, 0) is 90.1 Å². The number of rotatable bonds is 11. The molecule has 0 aliphatic rings. The van der Waals surface area contributed by atoms with Crippen LogP contribution in [0.2, 0.25) is 0 Å². The normalized spacial score (nSPS) is 13.4. The molecule has 0 aliphatic heterocycles. The molecule has 0 saturated carbocycles. The van der Waals surface area contributed by atoms with Gasteiger partial charge in [0.1, 0.15) is 0 Å². The van der Waals surface area contributed by atoms with E-state index >= 15 is 0 Å². The van der Waals surface area contributed by atoms with Crippen molar-refractivity contribution in [3.63, 3.8) is 0 Å². The van der Waals surface area contributed by atoms with Gasteiger partial charge in [0.05, 0.1) is 0 Å². The molecule has 3 atom stereocenters. The zero-order valence-corrected chi connectivity index (χ0v) is 24.1. The van der Waals surface area contributed by atoms with Gasteiger partial charge in [-0.15, -0.1) is 0 Å². The predicted molar refractivity (Wildman–Crippen MR) is 172 cm³/mol. The maximum atomic E-state index is 2.50. The van der Waals surface area contributed by atoms with Crippen molar-refractivity contribution in [1.29, 1.82) is 0 Å². The van der Waals surface area contributed by atoms with Crippen molar-refractivity contribution in [2.45, 2.75) is 57.9 Å². The highest BCUT2D eigenvalue weighted by atomic mass is 15.2. The molecule has 0 aliphatic carbocycles. The standard InChI is InChI=1S/C39H41N/c1-30(27-33-13-7-4-8-14-33)36-19-23-38(24-20-36)40(32(3)29-35-17-11-6-12-18-35)39-25-21-37(22-26-39)31(2)28-34-15-9-5-10-16-34/h4-26,30-32H,27-29H2,1-3H3. The van der Waals surface area contributed by atoms with Gasteiger partial charge in [0, 0.05) is 17.4 Å². The molecule has 0 amide bonds. The van der Waals surface area contributed by atoms with Gasteiger partial charge in [-0.2, -0.15) is 0 Å². The van der Waals surface area contributed by atoms with E-state index in [-0.39, 0.29) is 0 Å². The second kappa shape index (κ2) is 13.3. The zero-order valence-electron chi connectivity index (χ0n) is 24.1. The minimum Gasteiger partial charge on any atom is -0.338 e. The summed E-state index contributed by atoms with van der Waals surface area (Å²) >= 11 is 0. The minimum atomic E-state index is 0.308. The largest absolute Gasteiger partial charge is 0.338 e. The summed E-state index contributed by atoms with van der Waals surface area (Å²) in [4.78, 5) is 2.50. The summed E-state index contributed by atoms with van der Waals surface area (Å²) < 4.78 is 0. The van der Waals surface area contributed by atoms with Gasteiger partial charge >= 0.3 is 0 Å². The highest BCUT2D eigenvalue weighted by Gasteiger charge is 2.19. The number of hydrogen-bond acceptors (Lipinski definition) is 1. The van der Waals surface area contributed by atoms with E-state index in [1.165, 1.54) is 39.2 Å². The Balaban J connectivity index is 1.38. The topological polar surface area (TPSA) is 3.24 Å². The highest BCUT2D eigenvalue weighted by molar-refractivity contribution is 5.65. The molecule has 0 N–H and O–H groups in total. The van der Waals surface area contributed by atoms with E-state index in [9.17, 15) is 0 Å². The summed E-state index contributed by atoms with van der Waals surface area (Å²) in [5.74, 6) is 0.939. The van der Waals surface area contributed by atoms with Gasteiger partial charge in [-0.3, -0.25) is 0 Å². The molecule has 0 bridgehead atoms. The van der Waals surface area contributed by atoms with Crippen molar-refractivity contribution >= 4 is 11.4 Å². The van der Waals surface area contributed by atoms with Crippen LogP contribution in [0.4, 0.5) is 11.4 Å². The van der Waals surface area contributed by atoms with E-state index in [0.29, 0.717) is 17.9 Å². The molecular weight excluding hydrogens is 482 g/mol. The van der Waals surface area contributed by atoms with Crippen LogP contribution in [0, 0.1) is 0 Å². The molecule has 3 unspecified atom stereocenters. The Kier molecular flexibility index (Phi) is 9.14. The molecule has 0 radical (unpaired) electrons. The molecule has 0 spiro atoms. The molecule has 1 nitrogen and oxygen atoms in total. The van der Waals surface area contributed by atoms with Crippen LogP contribution in [0.15, 0.2) is 140 Å². The Bertz CT molecular complexity index is 1330. The van der Waals surface area contributed by atoms with Crippen LogP contribution in [-0.4, -0.2) is 6.04 Å². The van der Waals surface area contributed by atoms with Crippen LogP contribution in [0.3, 0.4) is 0 Å². The number of benzene rings is 5. The van der Waals surface area contributed by atoms with Gasteiger partial charge in [0.2, 0.25) is 0 Å². The van der Waals surface area contributed by atoms with Crippen LogP contribution in [0.25, 0.3) is 0 Å². The fraction of sp³-hybridized carbons (Fsp3) is 0.231. The molecule has 0 saturated heterocycles. The van der Waals surface area contributed by atoms with Crippen LogP contribution >= 0.6 is 0 Å².